The second-order valence-electron chi connectivity index (χ2n) is 3.75. The fraction of sp³-hybridized carbons (Fsp3) is 0.167. The van der Waals surface area contributed by atoms with E-state index in [-0.39, 0.29) is 6.04 Å². The van der Waals surface area contributed by atoms with Crippen LogP contribution in [0.3, 0.4) is 0 Å². The average molecular weight is 214 g/mol. The van der Waals surface area contributed by atoms with E-state index in [9.17, 15) is 0 Å². The molecule has 1 atom stereocenters. The van der Waals surface area contributed by atoms with E-state index in [4.69, 9.17) is 11.5 Å². The fourth-order valence-corrected chi connectivity index (χ4v) is 1.60. The fourth-order valence-electron chi connectivity index (χ4n) is 1.60. The van der Waals surface area contributed by atoms with Crippen molar-refractivity contribution < 1.29 is 0 Å². The highest BCUT2D eigenvalue weighted by Gasteiger charge is 2.12. The third kappa shape index (κ3) is 2.01. The van der Waals surface area contributed by atoms with Crippen molar-refractivity contribution in [2.75, 3.05) is 5.73 Å². The van der Waals surface area contributed by atoms with Crippen molar-refractivity contribution in [3.8, 4) is 0 Å². The normalized spacial score (nSPS) is 12.4. The first-order valence-corrected chi connectivity index (χ1v) is 5.06. The zero-order chi connectivity index (χ0) is 11.5. The Kier molecular flexibility index (Phi) is 2.83. The summed E-state index contributed by atoms with van der Waals surface area (Å²) < 4.78 is 0. The molecule has 1 unspecified atom stereocenters. The molecule has 2 heterocycles. The van der Waals surface area contributed by atoms with Gasteiger partial charge in [-0.1, -0.05) is 0 Å². The lowest BCUT2D eigenvalue weighted by molar-refractivity contribution is 0.862. The molecule has 0 aliphatic carbocycles. The number of aryl methyl sites for hydroxylation is 1. The molecule has 2 aromatic rings. The van der Waals surface area contributed by atoms with Gasteiger partial charge in [-0.05, 0) is 36.2 Å². The molecule has 0 amide bonds. The van der Waals surface area contributed by atoms with Crippen molar-refractivity contribution in [3.63, 3.8) is 0 Å². The predicted molar refractivity (Wildman–Crippen MR) is 63.7 cm³/mol. The summed E-state index contributed by atoms with van der Waals surface area (Å²) in [6.07, 6.45) is 5.17. The third-order valence-corrected chi connectivity index (χ3v) is 2.49. The molecule has 0 bridgehead atoms. The molecule has 0 aliphatic heterocycles. The van der Waals surface area contributed by atoms with Gasteiger partial charge >= 0.3 is 0 Å². The summed E-state index contributed by atoms with van der Waals surface area (Å²) in [5, 5.41) is 0. The lowest BCUT2D eigenvalue weighted by Crippen LogP contribution is -2.15. The molecule has 0 saturated carbocycles. The Bertz CT molecular complexity index is 482. The van der Waals surface area contributed by atoms with E-state index in [1.165, 1.54) is 0 Å². The monoisotopic (exact) mass is 214 g/mol. The first-order valence-electron chi connectivity index (χ1n) is 5.06. The van der Waals surface area contributed by atoms with Crippen LogP contribution in [0.1, 0.15) is 22.7 Å². The molecular weight excluding hydrogens is 200 g/mol. The quantitative estimate of drug-likeness (QED) is 0.792. The number of rotatable bonds is 2. The highest BCUT2D eigenvalue weighted by Crippen LogP contribution is 2.23. The smallest absolute Gasteiger partial charge is 0.128 e. The van der Waals surface area contributed by atoms with Gasteiger partial charge in [0.2, 0.25) is 0 Å². The minimum absolute atomic E-state index is 0.254. The van der Waals surface area contributed by atoms with Crippen molar-refractivity contribution in [3.05, 3.63) is 53.5 Å². The van der Waals surface area contributed by atoms with Gasteiger partial charge in [0.05, 0.1) is 6.04 Å². The van der Waals surface area contributed by atoms with Crippen molar-refractivity contribution in [2.45, 2.75) is 13.0 Å². The first-order chi connectivity index (χ1) is 7.68. The van der Waals surface area contributed by atoms with Gasteiger partial charge in [-0.3, -0.25) is 4.98 Å². The number of aromatic nitrogens is 2. The Morgan fingerprint density at radius 1 is 1.25 bits per heavy atom. The van der Waals surface area contributed by atoms with Gasteiger partial charge < -0.3 is 11.5 Å². The van der Waals surface area contributed by atoms with Crippen LogP contribution in [0.15, 0.2) is 36.8 Å². The number of anilines is 1. The van der Waals surface area contributed by atoms with E-state index in [1.807, 2.05) is 25.1 Å². The molecule has 0 spiro atoms. The minimum atomic E-state index is -0.254. The van der Waals surface area contributed by atoms with Crippen molar-refractivity contribution in [1.29, 1.82) is 0 Å². The van der Waals surface area contributed by atoms with Crippen LogP contribution < -0.4 is 11.5 Å². The number of hydrogen-bond acceptors (Lipinski definition) is 4. The van der Waals surface area contributed by atoms with E-state index >= 15 is 0 Å². The zero-order valence-electron chi connectivity index (χ0n) is 9.09. The van der Waals surface area contributed by atoms with Gasteiger partial charge in [0, 0.05) is 24.2 Å². The number of nitrogens with two attached hydrogens (primary N) is 2. The van der Waals surface area contributed by atoms with E-state index in [0.29, 0.717) is 5.82 Å². The van der Waals surface area contributed by atoms with E-state index in [0.717, 1.165) is 16.7 Å². The molecule has 4 nitrogen and oxygen atoms in total. The Morgan fingerprint density at radius 2 is 1.94 bits per heavy atom. The maximum absolute atomic E-state index is 6.14. The summed E-state index contributed by atoms with van der Waals surface area (Å²) in [7, 11) is 0. The van der Waals surface area contributed by atoms with E-state index in [1.54, 1.807) is 18.6 Å². The number of pyridine rings is 2. The molecule has 0 aromatic carbocycles. The summed E-state index contributed by atoms with van der Waals surface area (Å²) >= 11 is 0. The third-order valence-electron chi connectivity index (χ3n) is 2.49. The van der Waals surface area contributed by atoms with Crippen molar-refractivity contribution >= 4 is 5.82 Å². The maximum Gasteiger partial charge on any atom is 0.128 e. The Labute approximate surface area is 94.3 Å². The maximum atomic E-state index is 6.14. The number of hydrogen-bond donors (Lipinski definition) is 2. The van der Waals surface area contributed by atoms with Crippen LogP contribution in [0.5, 0.6) is 0 Å². The van der Waals surface area contributed by atoms with Crippen LogP contribution in [-0.2, 0) is 0 Å². The number of nitrogens with zero attached hydrogens (tertiary/aromatic N) is 2. The minimum Gasteiger partial charge on any atom is -0.383 e. The van der Waals surface area contributed by atoms with Gasteiger partial charge in [0.25, 0.3) is 0 Å². The Hall–Kier alpha value is -1.94. The standard InChI is InChI=1S/C12H14N4/c1-8-6-10(12(14)16-7-8)11(13)9-2-4-15-5-3-9/h2-7,11H,13H2,1H3,(H2,14,16). The van der Waals surface area contributed by atoms with Gasteiger partial charge in [0.1, 0.15) is 5.82 Å². The SMILES string of the molecule is Cc1cnc(N)c(C(N)c2ccncc2)c1. The summed E-state index contributed by atoms with van der Waals surface area (Å²) in [6, 6.07) is 5.47. The van der Waals surface area contributed by atoms with Gasteiger partial charge in [-0.25, -0.2) is 4.98 Å². The van der Waals surface area contributed by atoms with Crippen molar-refractivity contribution in [1.82, 2.24) is 9.97 Å². The van der Waals surface area contributed by atoms with E-state index in [2.05, 4.69) is 9.97 Å². The van der Waals surface area contributed by atoms with Crippen LogP contribution in [-0.4, -0.2) is 9.97 Å². The highest BCUT2D eigenvalue weighted by atomic mass is 14.8. The first kappa shape index (κ1) is 10.6. The van der Waals surface area contributed by atoms with Gasteiger partial charge in [0.15, 0.2) is 0 Å². The topological polar surface area (TPSA) is 77.8 Å². The lowest BCUT2D eigenvalue weighted by atomic mass is 10.0. The molecule has 82 valence electrons. The molecular formula is C12H14N4. The van der Waals surface area contributed by atoms with Crippen LogP contribution in [0, 0.1) is 6.92 Å². The molecule has 0 radical (unpaired) electrons. The summed E-state index contributed by atoms with van der Waals surface area (Å²) in [5.74, 6) is 0.481. The molecule has 0 saturated heterocycles. The predicted octanol–water partition coefficient (Wildman–Crippen LogP) is 1.42. The summed E-state index contributed by atoms with van der Waals surface area (Å²) in [6.45, 7) is 1.97. The molecule has 0 aliphatic rings. The van der Waals surface area contributed by atoms with Crippen LogP contribution >= 0.6 is 0 Å². The largest absolute Gasteiger partial charge is 0.383 e. The van der Waals surface area contributed by atoms with Crippen molar-refractivity contribution in [2.24, 2.45) is 5.73 Å². The van der Waals surface area contributed by atoms with Gasteiger partial charge in [-0.15, -0.1) is 0 Å². The number of nitrogen functional groups attached to an aromatic ring is 1. The van der Waals surface area contributed by atoms with Crippen LogP contribution in [0.4, 0.5) is 5.82 Å². The molecule has 4 heteroatoms. The average Bonchev–Trinajstić information content (AvgIpc) is 2.32. The molecule has 4 N–H and O–H groups in total. The zero-order valence-corrected chi connectivity index (χ0v) is 9.09. The second kappa shape index (κ2) is 4.28. The summed E-state index contributed by atoms with van der Waals surface area (Å²) in [5.41, 5.74) is 14.8. The Morgan fingerprint density at radius 3 is 2.62 bits per heavy atom. The lowest BCUT2D eigenvalue weighted by Gasteiger charge is -2.14. The Balaban J connectivity index is 2.41. The van der Waals surface area contributed by atoms with Crippen LogP contribution in [0.2, 0.25) is 0 Å². The summed E-state index contributed by atoms with van der Waals surface area (Å²) in [4.78, 5) is 8.07. The molecule has 2 aromatic heterocycles. The van der Waals surface area contributed by atoms with Gasteiger partial charge in [-0.2, -0.15) is 0 Å². The molecule has 16 heavy (non-hydrogen) atoms. The molecule has 0 fully saturated rings. The van der Waals surface area contributed by atoms with E-state index < -0.39 is 0 Å². The molecule has 2 rings (SSSR count). The highest BCUT2D eigenvalue weighted by molar-refractivity contribution is 5.46. The second-order valence-corrected chi connectivity index (χ2v) is 3.75. The van der Waals surface area contributed by atoms with Crippen LogP contribution in [0.25, 0.3) is 0 Å².